The molecule has 2 fully saturated rings. The second kappa shape index (κ2) is 11.3. The average molecular weight is 502 g/mol. The highest BCUT2D eigenvalue weighted by molar-refractivity contribution is 5.84. The van der Waals surface area contributed by atoms with E-state index in [1.54, 1.807) is 0 Å². The summed E-state index contributed by atoms with van der Waals surface area (Å²) in [5.41, 5.74) is 4.76. The molecule has 4 heterocycles. The molecule has 7 heteroatoms. The highest BCUT2D eigenvalue weighted by atomic mass is 16.5. The van der Waals surface area contributed by atoms with E-state index in [0.29, 0.717) is 32.3 Å². The first-order valence-corrected chi connectivity index (χ1v) is 14.0. The zero-order valence-electron chi connectivity index (χ0n) is 21.8. The van der Waals surface area contributed by atoms with Crippen molar-refractivity contribution in [3.05, 3.63) is 65.4 Å². The summed E-state index contributed by atoms with van der Waals surface area (Å²) in [7, 11) is 0. The lowest BCUT2D eigenvalue weighted by molar-refractivity contribution is -0.131. The van der Waals surface area contributed by atoms with Gasteiger partial charge >= 0.3 is 0 Å². The Morgan fingerprint density at radius 2 is 1.92 bits per heavy atom. The summed E-state index contributed by atoms with van der Waals surface area (Å²) in [6, 6.07) is 14.8. The molecule has 2 aromatic carbocycles. The van der Waals surface area contributed by atoms with Gasteiger partial charge in [-0.3, -0.25) is 14.6 Å². The Bertz CT molecular complexity index is 1210. The fraction of sp³-hybridized carbons (Fsp3) is 0.500. The molecule has 7 nitrogen and oxygen atoms in total. The third-order valence-electron chi connectivity index (χ3n) is 8.28. The third kappa shape index (κ3) is 5.69. The molecule has 0 saturated carbocycles. The van der Waals surface area contributed by atoms with E-state index in [1.807, 2.05) is 17.2 Å². The number of ether oxygens (including phenoxy) is 1. The van der Waals surface area contributed by atoms with Crippen molar-refractivity contribution in [1.82, 2.24) is 25.0 Å². The van der Waals surface area contributed by atoms with Crippen LogP contribution in [0.3, 0.4) is 0 Å². The summed E-state index contributed by atoms with van der Waals surface area (Å²) in [6.45, 7) is 8.37. The summed E-state index contributed by atoms with van der Waals surface area (Å²) in [5.74, 6) is 1.11. The van der Waals surface area contributed by atoms with Crippen molar-refractivity contribution in [3.8, 4) is 5.75 Å². The van der Waals surface area contributed by atoms with Gasteiger partial charge in [0.1, 0.15) is 12.4 Å². The number of benzene rings is 2. The number of H-pyrrole nitrogens is 1. The molecule has 3 aliphatic heterocycles. The second-order valence-corrected chi connectivity index (χ2v) is 10.7. The lowest BCUT2D eigenvalue weighted by Gasteiger charge is -2.41. The Hall–Kier alpha value is -2.87. The minimum Gasteiger partial charge on any atom is -0.491 e. The molecular weight excluding hydrogens is 462 g/mol. The lowest BCUT2D eigenvalue weighted by atomic mass is 10.1. The number of amides is 1. The minimum absolute atomic E-state index is 0.194. The van der Waals surface area contributed by atoms with E-state index in [9.17, 15) is 4.79 Å². The molecule has 2 saturated heterocycles. The number of aromatic nitrogens is 1. The summed E-state index contributed by atoms with van der Waals surface area (Å²) < 4.78 is 6.04. The van der Waals surface area contributed by atoms with Crippen LogP contribution in [0, 0.1) is 0 Å². The van der Waals surface area contributed by atoms with Gasteiger partial charge in [0.25, 0.3) is 0 Å². The first-order chi connectivity index (χ1) is 18.2. The number of nitrogens with zero attached hydrogens (tertiary/aromatic N) is 3. The largest absolute Gasteiger partial charge is 0.491 e. The Morgan fingerprint density at radius 1 is 1.03 bits per heavy atom. The number of piperidine rings is 1. The van der Waals surface area contributed by atoms with E-state index in [2.05, 4.69) is 56.5 Å². The number of hydrogen-bond acceptors (Lipinski definition) is 5. The molecule has 0 bridgehead atoms. The molecule has 3 aromatic rings. The van der Waals surface area contributed by atoms with Crippen LogP contribution in [0.2, 0.25) is 0 Å². The van der Waals surface area contributed by atoms with Crippen LogP contribution in [0.5, 0.6) is 5.75 Å². The highest BCUT2D eigenvalue weighted by Gasteiger charge is 2.25. The van der Waals surface area contributed by atoms with Gasteiger partial charge in [0, 0.05) is 68.4 Å². The maximum atomic E-state index is 13.2. The first kappa shape index (κ1) is 24.5. The molecule has 1 atom stereocenters. The summed E-state index contributed by atoms with van der Waals surface area (Å²) in [6.07, 6.45) is 7.80. The fourth-order valence-corrected chi connectivity index (χ4v) is 6.13. The zero-order valence-corrected chi connectivity index (χ0v) is 21.8. The molecule has 0 aliphatic carbocycles. The van der Waals surface area contributed by atoms with Crippen LogP contribution in [0.25, 0.3) is 10.9 Å². The Balaban J connectivity index is 1.05. The molecular formula is C30H39N5O2. The topological polar surface area (TPSA) is 63.8 Å². The molecule has 196 valence electrons. The number of hydrogen-bond donors (Lipinski definition) is 2. The van der Waals surface area contributed by atoms with Crippen LogP contribution < -0.4 is 10.1 Å². The number of nitrogens with one attached hydrogen (secondary N) is 2. The molecule has 0 radical (unpaired) electrons. The van der Waals surface area contributed by atoms with E-state index in [0.717, 1.165) is 62.5 Å². The zero-order chi connectivity index (χ0) is 25.0. The average Bonchev–Trinajstić information content (AvgIpc) is 3.24. The Labute approximate surface area is 219 Å². The molecule has 6 rings (SSSR count). The van der Waals surface area contributed by atoms with Gasteiger partial charge in [-0.05, 0) is 61.6 Å². The highest BCUT2D eigenvalue weighted by Crippen LogP contribution is 2.26. The number of aromatic amines is 1. The van der Waals surface area contributed by atoms with Gasteiger partial charge in [-0.1, -0.05) is 24.3 Å². The van der Waals surface area contributed by atoms with Crippen molar-refractivity contribution in [2.24, 2.45) is 0 Å². The molecule has 1 unspecified atom stereocenters. The fourth-order valence-electron chi connectivity index (χ4n) is 6.13. The third-order valence-corrected chi connectivity index (χ3v) is 8.28. The van der Waals surface area contributed by atoms with Gasteiger partial charge < -0.3 is 19.9 Å². The summed E-state index contributed by atoms with van der Waals surface area (Å²) in [4.78, 5) is 23.7. The number of carbonyl (C=O) groups is 1. The second-order valence-electron chi connectivity index (χ2n) is 10.7. The van der Waals surface area contributed by atoms with Crippen molar-refractivity contribution in [2.45, 2.75) is 51.4 Å². The van der Waals surface area contributed by atoms with E-state index in [1.165, 1.54) is 35.8 Å². The van der Waals surface area contributed by atoms with Crippen molar-refractivity contribution in [3.63, 3.8) is 0 Å². The number of carbonyl (C=O) groups excluding carboxylic acids is 1. The predicted molar refractivity (Wildman–Crippen MR) is 146 cm³/mol. The first-order valence-electron chi connectivity index (χ1n) is 14.0. The Kier molecular flexibility index (Phi) is 7.44. The van der Waals surface area contributed by atoms with E-state index >= 15 is 0 Å². The van der Waals surface area contributed by atoms with Crippen molar-refractivity contribution >= 4 is 16.8 Å². The van der Waals surface area contributed by atoms with Crippen LogP contribution >= 0.6 is 0 Å². The monoisotopic (exact) mass is 501 g/mol. The molecule has 3 aliphatic rings. The van der Waals surface area contributed by atoms with E-state index < -0.39 is 0 Å². The molecule has 37 heavy (non-hydrogen) atoms. The Morgan fingerprint density at radius 3 is 2.78 bits per heavy atom. The lowest BCUT2D eigenvalue weighted by Crippen LogP contribution is -2.55. The summed E-state index contributed by atoms with van der Waals surface area (Å²) in [5, 5.41) is 4.90. The quantitative estimate of drug-likeness (QED) is 0.539. The van der Waals surface area contributed by atoms with Gasteiger partial charge in [0.2, 0.25) is 5.91 Å². The van der Waals surface area contributed by atoms with Crippen molar-refractivity contribution in [1.29, 1.82) is 0 Å². The molecule has 1 amide bonds. The van der Waals surface area contributed by atoms with Crippen LogP contribution in [-0.4, -0.2) is 77.6 Å². The van der Waals surface area contributed by atoms with Gasteiger partial charge in [0.05, 0.1) is 12.7 Å². The van der Waals surface area contributed by atoms with Gasteiger partial charge in [-0.15, -0.1) is 0 Å². The number of fused-ring (bicyclic) bond motifs is 2. The number of para-hydroxylation sites is 1. The summed E-state index contributed by atoms with van der Waals surface area (Å²) >= 11 is 0. The van der Waals surface area contributed by atoms with Crippen molar-refractivity contribution in [2.75, 3.05) is 45.9 Å². The van der Waals surface area contributed by atoms with Gasteiger partial charge in [-0.2, -0.15) is 0 Å². The van der Waals surface area contributed by atoms with E-state index in [4.69, 9.17) is 4.74 Å². The van der Waals surface area contributed by atoms with Gasteiger partial charge in [0.15, 0.2) is 0 Å². The normalized spacial score (nSPS) is 21.4. The molecule has 1 aromatic heterocycles. The van der Waals surface area contributed by atoms with E-state index in [-0.39, 0.29) is 5.91 Å². The standard InChI is InChI=1S/C30H39N5O2/c36-30(11-9-24-20-32-27-6-2-1-5-26(24)27)35-17-18-37-28-10-8-23(19-25(28)22-35)21-33-13-15-34(16-14-33)29-7-3-4-12-31-29/h1-2,5-6,8,10,19-20,29,31-32H,3-4,7,9,11-18,21-22H2. The number of rotatable bonds is 6. The van der Waals surface area contributed by atoms with Crippen LogP contribution in [-0.2, 0) is 24.3 Å². The number of aryl methyl sites for hydroxylation is 1. The van der Waals surface area contributed by atoms with Crippen molar-refractivity contribution < 1.29 is 9.53 Å². The van der Waals surface area contributed by atoms with Crippen LogP contribution in [0.4, 0.5) is 0 Å². The van der Waals surface area contributed by atoms with Crippen LogP contribution in [0.15, 0.2) is 48.7 Å². The minimum atomic E-state index is 0.194. The molecule has 2 N–H and O–H groups in total. The van der Waals surface area contributed by atoms with Gasteiger partial charge in [-0.25, -0.2) is 0 Å². The smallest absolute Gasteiger partial charge is 0.223 e. The predicted octanol–water partition coefficient (Wildman–Crippen LogP) is 3.74. The SMILES string of the molecule is O=C(CCc1c[nH]c2ccccc12)N1CCOc2ccc(CN3CCN(C4CCCCN4)CC3)cc2C1. The van der Waals surface area contributed by atoms with Crippen LogP contribution in [0.1, 0.15) is 42.4 Å². The maximum absolute atomic E-state index is 13.2. The number of piperazine rings is 1. The maximum Gasteiger partial charge on any atom is 0.223 e. The molecule has 0 spiro atoms.